The number of hydrogen-bond acceptors (Lipinski definition) is 2. The van der Waals surface area contributed by atoms with Gasteiger partial charge in [0, 0.05) is 6.42 Å². The van der Waals surface area contributed by atoms with Gasteiger partial charge in [-0.05, 0) is 31.5 Å². The second-order valence-corrected chi connectivity index (χ2v) is 5.89. The maximum absolute atomic E-state index is 13.0. The Morgan fingerprint density at radius 2 is 1.56 bits per heavy atom. The second kappa shape index (κ2) is 10.5. The number of halogens is 6. The number of alkyl halides is 6. The van der Waals surface area contributed by atoms with Crippen LogP contribution in [0.1, 0.15) is 57.5 Å². The van der Waals surface area contributed by atoms with Crippen LogP contribution in [0.25, 0.3) is 11.0 Å². The van der Waals surface area contributed by atoms with Crippen LogP contribution in [0.15, 0.2) is 12.1 Å². The third-order valence-corrected chi connectivity index (χ3v) is 3.46. The van der Waals surface area contributed by atoms with Crippen LogP contribution in [0.4, 0.5) is 26.3 Å². The van der Waals surface area contributed by atoms with Crippen LogP contribution in [0.3, 0.4) is 0 Å². The molecular weight excluding hydrogens is 372 g/mol. The van der Waals surface area contributed by atoms with Crippen molar-refractivity contribution in [3.05, 3.63) is 29.1 Å². The van der Waals surface area contributed by atoms with E-state index in [0.717, 1.165) is 6.42 Å². The van der Waals surface area contributed by atoms with E-state index in [9.17, 15) is 26.3 Å². The highest BCUT2D eigenvalue weighted by Crippen LogP contribution is 2.39. The fourth-order valence-electron chi connectivity index (χ4n) is 2.34. The Labute approximate surface area is 155 Å². The Morgan fingerprint density at radius 3 is 2.00 bits per heavy atom. The van der Waals surface area contributed by atoms with E-state index in [1.165, 1.54) is 7.05 Å². The van der Waals surface area contributed by atoms with Gasteiger partial charge < -0.3 is 10.7 Å². The highest BCUT2D eigenvalue weighted by Gasteiger charge is 2.39. The van der Waals surface area contributed by atoms with Crippen molar-refractivity contribution < 1.29 is 26.3 Å². The highest BCUT2D eigenvalue weighted by molar-refractivity contribution is 5.80. The van der Waals surface area contributed by atoms with Crippen LogP contribution in [-0.2, 0) is 18.8 Å². The summed E-state index contributed by atoms with van der Waals surface area (Å²) in [6.07, 6.45) is -7.80. The van der Waals surface area contributed by atoms with Crippen LogP contribution >= 0.6 is 0 Å². The molecule has 0 amide bonds. The first-order valence-corrected chi connectivity index (χ1v) is 8.73. The molecule has 0 aliphatic carbocycles. The second-order valence-electron chi connectivity index (χ2n) is 5.89. The van der Waals surface area contributed by atoms with Crippen molar-refractivity contribution >= 4 is 11.0 Å². The molecule has 27 heavy (non-hydrogen) atoms. The minimum absolute atomic E-state index is 0.112. The number of nitrogens with two attached hydrogens (primary N) is 1. The molecule has 0 aliphatic heterocycles. The van der Waals surface area contributed by atoms with Gasteiger partial charge in [-0.1, -0.05) is 34.1 Å². The summed E-state index contributed by atoms with van der Waals surface area (Å²) in [5.74, 6) is 0.701. The number of imidazole rings is 1. The summed E-state index contributed by atoms with van der Waals surface area (Å²) < 4.78 is 77.4. The van der Waals surface area contributed by atoms with Crippen LogP contribution < -0.4 is 5.73 Å². The van der Waals surface area contributed by atoms with Crippen LogP contribution in [0, 0.1) is 5.92 Å². The summed E-state index contributed by atoms with van der Waals surface area (Å²) in [4.78, 5) is 6.44. The fourth-order valence-corrected chi connectivity index (χ4v) is 2.34. The Kier molecular flexibility index (Phi) is 9.84. The average Bonchev–Trinajstić information content (AvgIpc) is 2.98. The predicted molar refractivity (Wildman–Crippen MR) is 95.3 cm³/mol. The highest BCUT2D eigenvalue weighted by atomic mass is 19.4. The first kappa shape index (κ1) is 25.2. The van der Waals surface area contributed by atoms with Crippen molar-refractivity contribution in [1.82, 2.24) is 9.97 Å². The summed E-state index contributed by atoms with van der Waals surface area (Å²) in [5.41, 5.74) is 1.08. The summed E-state index contributed by atoms with van der Waals surface area (Å²) >= 11 is 0. The molecule has 1 aromatic carbocycles. The number of rotatable bonds is 4. The van der Waals surface area contributed by atoms with Crippen molar-refractivity contribution in [2.24, 2.45) is 11.7 Å². The molecule has 3 N–H and O–H groups in total. The maximum atomic E-state index is 13.0. The van der Waals surface area contributed by atoms with E-state index in [0.29, 0.717) is 24.8 Å². The maximum Gasteiger partial charge on any atom is 0.418 e. The SMILES string of the molecule is CC.CC(C)CCCc1nc2c(C(F)(F)F)cc(C(F)(F)F)cc2[nH]1.CN. The summed E-state index contributed by atoms with van der Waals surface area (Å²) in [6, 6.07) is 0.782. The van der Waals surface area contributed by atoms with Crippen LogP contribution in [0.5, 0.6) is 0 Å². The predicted octanol–water partition coefficient (Wildman–Crippen LogP) is 6.18. The third kappa shape index (κ3) is 7.40. The van der Waals surface area contributed by atoms with E-state index in [-0.39, 0.29) is 17.4 Å². The Bertz CT molecular complexity index is 687. The van der Waals surface area contributed by atoms with Gasteiger partial charge in [-0.2, -0.15) is 26.3 Å². The molecule has 0 fully saturated rings. The van der Waals surface area contributed by atoms with Gasteiger partial charge in [-0.15, -0.1) is 0 Å². The molecule has 1 aromatic heterocycles. The Morgan fingerprint density at radius 1 is 1.00 bits per heavy atom. The van der Waals surface area contributed by atoms with Crippen molar-refractivity contribution in [2.45, 2.75) is 59.3 Å². The molecule has 0 spiro atoms. The number of aromatic amines is 1. The molecule has 0 bridgehead atoms. The normalized spacial score (nSPS) is 11.7. The molecule has 0 radical (unpaired) electrons. The number of H-pyrrole nitrogens is 1. The lowest BCUT2D eigenvalue weighted by molar-refractivity contribution is -0.142. The topological polar surface area (TPSA) is 54.7 Å². The van der Waals surface area contributed by atoms with Gasteiger partial charge in [-0.25, -0.2) is 4.98 Å². The first-order chi connectivity index (χ1) is 12.5. The van der Waals surface area contributed by atoms with E-state index in [4.69, 9.17) is 0 Å². The van der Waals surface area contributed by atoms with E-state index < -0.39 is 29.0 Å². The number of aryl methyl sites for hydroxylation is 1. The van der Waals surface area contributed by atoms with Gasteiger partial charge in [0.05, 0.1) is 16.6 Å². The lowest BCUT2D eigenvalue weighted by Crippen LogP contribution is -2.11. The van der Waals surface area contributed by atoms with Gasteiger partial charge in [-0.3, -0.25) is 0 Å². The molecule has 9 heteroatoms. The monoisotopic (exact) mass is 399 g/mol. The number of aromatic nitrogens is 2. The number of nitrogens with zero attached hydrogens (tertiary/aromatic N) is 1. The zero-order chi connectivity index (χ0) is 21.4. The number of nitrogens with one attached hydrogen (secondary N) is 1. The number of fused-ring (bicyclic) bond motifs is 1. The van der Waals surface area contributed by atoms with Crippen molar-refractivity contribution in [3.8, 4) is 0 Å². The van der Waals surface area contributed by atoms with Crippen molar-refractivity contribution in [2.75, 3.05) is 7.05 Å². The van der Waals surface area contributed by atoms with Gasteiger partial charge in [0.15, 0.2) is 0 Å². The first-order valence-electron chi connectivity index (χ1n) is 8.73. The molecule has 0 atom stereocenters. The van der Waals surface area contributed by atoms with E-state index in [1.54, 1.807) is 0 Å². The number of benzene rings is 1. The Balaban J connectivity index is 0.00000158. The summed E-state index contributed by atoms with van der Waals surface area (Å²) in [7, 11) is 1.50. The zero-order valence-corrected chi connectivity index (χ0v) is 16.1. The van der Waals surface area contributed by atoms with E-state index in [2.05, 4.69) is 15.7 Å². The average molecular weight is 399 g/mol. The molecule has 0 saturated carbocycles. The molecule has 1 heterocycles. The zero-order valence-electron chi connectivity index (χ0n) is 16.1. The molecule has 156 valence electrons. The van der Waals surface area contributed by atoms with Gasteiger partial charge >= 0.3 is 12.4 Å². The molecule has 2 aromatic rings. The van der Waals surface area contributed by atoms with Crippen LogP contribution in [0.2, 0.25) is 0 Å². The van der Waals surface area contributed by atoms with E-state index >= 15 is 0 Å². The minimum Gasteiger partial charge on any atom is -0.342 e. The molecule has 0 unspecified atom stereocenters. The third-order valence-electron chi connectivity index (χ3n) is 3.46. The lowest BCUT2D eigenvalue weighted by Gasteiger charge is -2.11. The quantitative estimate of drug-likeness (QED) is 0.603. The van der Waals surface area contributed by atoms with Crippen molar-refractivity contribution in [1.29, 1.82) is 0 Å². The minimum atomic E-state index is -4.90. The molecule has 0 aliphatic rings. The summed E-state index contributed by atoms with van der Waals surface area (Å²) in [6.45, 7) is 8.02. The fraction of sp³-hybridized carbons (Fsp3) is 0.611. The lowest BCUT2D eigenvalue weighted by atomic mass is 10.1. The molecule has 2 rings (SSSR count). The standard InChI is InChI=1S/C15H16F6N2.C2H6.CH5N/c1-8(2)4-3-5-12-22-11-7-9(14(16,17)18)6-10(13(11)23-12)15(19,20)21;2*1-2/h6-8H,3-5H2,1-2H3,(H,22,23);1-2H3;2H2,1H3. The smallest absolute Gasteiger partial charge is 0.342 e. The molecule has 3 nitrogen and oxygen atoms in total. The summed E-state index contributed by atoms with van der Waals surface area (Å²) in [5, 5.41) is 0. The van der Waals surface area contributed by atoms with Gasteiger partial charge in [0.1, 0.15) is 11.3 Å². The molecule has 0 saturated heterocycles. The van der Waals surface area contributed by atoms with Crippen LogP contribution in [-0.4, -0.2) is 17.0 Å². The largest absolute Gasteiger partial charge is 0.418 e. The van der Waals surface area contributed by atoms with Gasteiger partial charge in [0.2, 0.25) is 0 Å². The van der Waals surface area contributed by atoms with E-state index in [1.807, 2.05) is 27.7 Å². The van der Waals surface area contributed by atoms with Gasteiger partial charge in [0.25, 0.3) is 0 Å². The number of hydrogen-bond donors (Lipinski definition) is 2. The Hall–Kier alpha value is -1.77. The molecular formula is C18H27F6N3. The van der Waals surface area contributed by atoms with Crippen molar-refractivity contribution in [3.63, 3.8) is 0 Å².